The topological polar surface area (TPSA) is 51.5 Å². The van der Waals surface area contributed by atoms with Crippen molar-refractivity contribution in [3.63, 3.8) is 0 Å². The number of rotatable bonds is 7. The molecule has 0 bridgehead atoms. The van der Waals surface area contributed by atoms with Gasteiger partial charge in [-0.05, 0) is 38.3 Å². The third-order valence-corrected chi connectivity index (χ3v) is 4.81. The zero-order chi connectivity index (χ0) is 17.3. The number of ether oxygens (including phenoxy) is 1. The van der Waals surface area contributed by atoms with Crippen LogP contribution in [0.5, 0.6) is 11.5 Å². The van der Waals surface area contributed by atoms with E-state index in [4.69, 9.17) is 4.74 Å². The molecule has 1 aliphatic rings. The third kappa shape index (κ3) is 3.32. The van der Waals surface area contributed by atoms with Gasteiger partial charge >= 0.3 is 0 Å². The van der Waals surface area contributed by atoms with Gasteiger partial charge in [-0.15, -0.1) is 0 Å². The first-order valence-corrected chi connectivity index (χ1v) is 8.60. The number of methoxy groups -OCH3 is 1. The van der Waals surface area contributed by atoms with Crippen LogP contribution in [-0.2, 0) is 0 Å². The fourth-order valence-corrected chi connectivity index (χ4v) is 3.32. The number of carbonyl (C=O) groups is 1. The molecule has 4 nitrogen and oxygen atoms in total. The van der Waals surface area contributed by atoms with E-state index in [1.807, 2.05) is 36.6 Å². The second-order valence-electron chi connectivity index (χ2n) is 6.75. The summed E-state index contributed by atoms with van der Waals surface area (Å²) in [5, 5.41) is 10.5. The second kappa shape index (κ2) is 6.71. The van der Waals surface area contributed by atoms with Gasteiger partial charge in [0.1, 0.15) is 17.1 Å². The highest BCUT2D eigenvalue weighted by Gasteiger charge is 2.23. The molecule has 1 aromatic heterocycles. The summed E-state index contributed by atoms with van der Waals surface area (Å²) in [7, 11) is 1.54. The Bertz CT molecular complexity index is 737. The number of benzene rings is 1. The van der Waals surface area contributed by atoms with E-state index in [0.717, 1.165) is 35.8 Å². The number of hydrogen-bond acceptors (Lipinski definition) is 3. The summed E-state index contributed by atoms with van der Waals surface area (Å²) in [5.74, 6) is 1.20. The summed E-state index contributed by atoms with van der Waals surface area (Å²) in [6, 6.07) is 7.52. The van der Waals surface area contributed by atoms with E-state index in [1.54, 1.807) is 6.07 Å². The van der Waals surface area contributed by atoms with E-state index >= 15 is 0 Å². The highest BCUT2D eigenvalue weighted by atomic mass is 16.5. The van der Waals surface area contributed by atoms with Crippen LogP contribution >= 0.6 is 0 Å². The van der Waals surface area contributed by atoms with Crippen LogP contribution in [0.1, 0.15) is 53.8 Å². The van der Waals surface area contributed by atoms with Gasteiger partial charge in [-0.2, -0.15) is 0 Å². The van der Waals surface area contributed by atoms with Crippen molar-refractivity contribution in [1.29, 1.82) is 0 Å². The third-order valence-electron chi connectivity index (χ3n) is 4.81. The predicted molar refractivity (Wildman–Crippen MR) is 94.4 cm³/mol. The van der Waals surface area contributed by atoms with Crippen LogP contribution < -0.4 is 4.74 Å². The Morgan fingerprint density at radius 1 is 1.25 bits per heavy atom. The molecule has 0 saturated heterocycles. The summed E-state index contributed by atoms with van der Waals surface area (Å²) >= 11 is 0. The van der Waals surface area contributed by atoms with Gasteiger partial charge in [0.15, 0.2) is 5.78 Å². The van der Waals surface area contributed by atoms with Gasteiger partial charge in [0.05, 0.1) is 12.8 Å². The molecular weight excluding hydrogens is 302 g/mol. The Labute approximate surface area is 143 Å². The molecule has 1 saturated carbocycles. The van der Waals surface area contributed by atoms with Gasteiger partial charge in [-0.1, -0.05) is 19.3 Å². The Hall–Kier alpha value is -2.23. The first-order valence-electron chi connectivity index (χ1n) is 8.60. The van der Waals surface area contributed by atoms with E-state index in [0.29, 0.717) is 17.7 Å². The van der Waals surface area contributed by atoms with Crippen molar-refractivity contribution in [2.45, 2.75) is 46.0 Å². The first kappa shape index (κ1) is 16.6. The molecule has 0 radical (unpaired) electrons. The molecule has 4 heteroatoms. The Morgan fingerprint density at radius 3 is 2.50 bits per heavy atom. The van der Waals surface area contributed by atoms with Crippen LogP contribution in [0.2, 0.25) is 0 Å². The van der Waals surface area contributed by atoms with Crippen molar-refractivity contribution in [1.82, 2.24) is 4.57 Å². The highest BCUT2D eigenvalue weighted by Crippen LogP contribution is 2.36. The zero-order valence-electron chi connectivity index (χ0n) is 14.6. The van der Waals surface area contributed by atoms with Gasteiger partial charge in [-0.3, -0.25) is 4.79 Å². The number of ketones is 1. The molecule has 0 unspecified atom stereocenters. The van der Waals surface area contributed by atoms with Crippen LogP contribution in [0, 0.1) is 19.8 Å². The average Bonchev–Trinajstić information content (AvgIpc) is 3.30. The molecule has 0 atom stereocenters. The number of Topliss-reactive ketones (excluding diaryl/α,β-unsaturated/α-hetero) is 1. The molecule has 0 spiro atoms. The standard InChI is InChI=1S/C20H25NO3/c1-13-7-8-14(2)21(13)16-11-18(23)20(19(12-16)24-3)17(22)6-4-5-15-9-10-15/h7-8,11-12,15,23H,4-6,9-10H2,1-3H3. The lowest BCUT2D eigenvalue weighted by Gasteiger charge is -2.15. The Kier molecular flexibility index (Phi) is 4.65. The molecule has 1 aromatic carbocycles. The Balaban J connectivity index is 1.88. The van der Waals surface area contributed by atoms with Crippen molar-refractivity contribution < 1.29 is 14.6 Å². The largest absolute Gasteiger partial charge is 0.507 e. The molecule has 2 aromatic rings. The van der Waals surface area contributed by atoms with Crippen molar-refractivity contribution in [2.24, 2.45) is 5.92 Å². The smallest absolute Gasteiger partial charge is 0.170 e. The molecule has 1 heterocycles. The quantitative estimate of drug-likeness (QED) is 0.758. The summed E-state index contributed by atoms with van der Waals surface area (Å²) in [4.78, 5) is 12.5. The minimum Gasteiger partial charge on any atom is -0.507 e. The van der Waals surface area contributed by atoms with E-state index in [9.17, 15) is 9.90 Å². The minimum atomic E-state index is -0.0440. The number of aromatic hydroxyl groups is 1. The number of carbonyl (C=O) groups excluding carboxylic acids is 1. The van der Waals surface area contributed by atoms with Gasteiger partial charge in [0, 0.05) is 29.9 Å². The summed E-state index contributed by atoms with van der Waals surface area (Å²) in [6.07, 6.45) is 5.04. The van der Waals surface area contributed by atoms with E-state index in [2.05, 4.69) is 0 Å². The zero-order valence-corrected chi connectivity index (χ0v) is 14.6. The summed E-state index contributed by atoms with van der Waals surface area (Å²) in [5.41, 5.74) is 3.24. The molecule has 1 aliphatic carbocycles. The molecule has 1 fully saturated rings. The fourth-order valence-electron chi connectivity index (χ4n) is 3.32. The maximum atomic E-state index is 12.5. The van der Waals surface area contributed by atoms with Crippen LogP contribution in [0.3, 0.4) is 0 Å². The fraction of sp³-hybridized carbons (Fsp3) is 0.450. The molecular formula is C20H25NO3. The SMILES string of the molecule is COc1cc(-n2c(C)ccc2C)cc(O)c1C(=O)CCCC1CC1. The van der Waals surface area contributed by atoms with Crippen LogP contribution in [0.4, 0.5) is 0 Å². The molecule has 0 amide bonds. The molecule has 0 aliphatic heterocycles. The van der Waals surface area contributed by atoms with Gasteiger partial charge in [0.2, 0.25) is 0 Å². The lowest BCUT2D eigenvalue weighted by molar-refractivity contribution is 0.0973. The number of nitrogens with zero attached hydrogens (tertiary/aromatic N) is 1. The van der Waals surface area contributed by atoms with Crippen LogP contribution in [-0.4, -0.2) is 22.6 Å². The van der Waals surface area contributed by atoms with E-state index in [1.165, 1.54) is 20.0 Å². The van der Waals surface area contributed by atoms with Crippen molar-refractivity contribution in [3.8, 4) is 17.2 Å². The van der Waals surface area contributed by atoms with Crippen LogP contribution in [0.25, 0.3) is 5.69 Å². The second-order valence-corrected chi connectivity index (χ2v) is 6.75. The number of aryl methyl sites for hydroxylation is 2. The maximum Gasteiger partial charge on any atom is 0.170 e. The monoisotopic (exact) mass is 327 g/mol. The molecule has 128 valence electrons. The van der Waals surface area contributed by atoms with Crippen molar-refractivity contribution in [2.75, 3.05) is 7.11 Å². The number of phenolic OH excluding ortho intramolecular Hbond substituents is 1. The number of hydrogen-bond donors (Lipinski definition) is 1. The molecule has 24 heavy (non-hydrogen) atoms. The van der Waals surface area contributed by atoms with E-state index in [-0.39, 0.29) is 11.5 Å². The highest BCUT2D eigenvalue weighted by molar-refractivity contribution is 6.01. The first-order chi connectivity index (χ1) is 11.5. The molecule has 3 rings (SSSR count). The summed E-state index contributed by atoms with van der Waals surface area (Å²) in [6.45, 7) is 4.01. The maximum absolute atomic E-state index is 12.5. The van der Waals surface area contributed by atoms with Gasteiger partial charge in [0.25, 0.3) is 0 Å². The van der Waals surface area contributed by atoms with Gasteiger partial charge in [-0.25, -0.2) is 0 Å². The summed E-state index contributed by atoms with van der Waals surface area (Å²) < 4.78 is 7.44. The van der Waals surface area contributed by atoms with Crippen LogP contribution in [0.15, 0.2) is 24.3 Å². The molecule has 1 N–H and O–H groups in total. The minimum absolute atomic E-state index is 0.00623. The normalized spacial score (nSPS) is 14.0. The predicted octanol–water partition coefficient (Wildman–Crippen LogP) is 4.57. The van der Waals surface area contributed by atoms with Crippen molar-refractivity contribution >= 4 is 5.78 Å². The lowest BCUT2D eigenvalue weighted by Crippen LogP contribution is -2.06. The lowest BCUT2D eigenvalue weighted by atomic mass is 10.0. The average molecular weight is 327 g/mol. The van der Waals surface area contributed by atoms with Gasteiger partial charge < -0.3 is 14.4 Å². The Morgan fingerprint density at radius 2 is 1.92 bits per heavy atom. The van der Waals surface area contributed by atoms with E-state index < -0.39 is 0 Å². The number of aromatic nitrogens is 1. The van der Waals surface area contributed by atoms with Crippen molar-refractivity contribution in [3.05, 3.63) is 41.2 Å². The number of phenols is 1.